The summed E-state index contributed by atoms with van der Waals surface area (Å²) in [6, 6.07) is 14.2. The molecule has 7 heteroatoms. The number of aliphatic carboxylic acids is 1. The van der Waals surface area contributed by atoms with Gasteiger partial charge in [0.2, 0.25) is 0 Å². The lowest BCUT2D eigenvalue weighted by Crippen LogP contribution is -2.41. The first-order valence-corrected chi connectivity index (χ1v) is 16.3. The maximum absolute atomic E-state index is 13.5. The molecule has 1 saturated heterocycles. The van der Waals surface area contributed by atoms with Crippen LogP contribution in [0.25, 0.3) is 11.1 Å². The molecule has 2 fully saturated rings. The number of nitrogens with zero attached hydrogens (tertiary/aromatic N) is 1. The molecule has 40 heavy (non-hydrogen) atoms. The molecular formula is C33H46N2O4S. The van der Waals surface area contributed by atoms with Crippen molar-refractivity contribution < 1.29 is 19.4 Å². The largest absolute Gasteiger partial charge is 0.480 e. The Bertz CT molecular complexity index is 1130. The Labute approximate surface area is 244 Å². The van der Waals surface area contributed by atoms with Crippen LogP contribution in [0.5, 0.6) is 0 Å². The van der Waals surface area contributed by atoms with E-state index < -0.39 is 12.0 Å². The van der Waals surface area contributed by atoms with Crippen molar-refractivity contribution in [3.63, 3.8) is 0 Å². The van der Waals surface area contributed by atoms with Crippen molar-refractivity contribution in [2.45, 2.75) is 89.4 Å². The molecule has 2 N–H and O–H groups in total. The van der Waals surface area contributed by atoms with Gasteiger partial charge in [0.15, 0.2) is 0 Å². The van der Waals surface area contributed by atoms with E-state index in [4.69, 9.17) is 4.74 Å². The molecule has 1 aliphatic carbocycles. The van der Waals surface area contributed by atoms with Crippen molar-refractivity contribution >= 4 is 23.6 Å². The fourth-order valence-electron chi connectivity index (χ4n) is 6.63. The summed E-state index contributed by atoms with van der Waals surface area (Å²) in [6.45, 7) is 3.61. The number of benzene rings is 2. The molecular weight excluding hydrogens is 520 g/mol. The van der Waals surface area contributed by atoms with Crippen LogP contribution in [0.3, 0.4) is 0 Å². The number of likely N-dealkylation sites (tertiary alicyclic amines) is 1. The van der Waals surface area contributed by atoms with Crippen LogP contribution < -0.4 is 5.32 Å². The first kappa shape index (κ1) is 30.6. The zero-order valence-corrected chi connectivity index (χ0v) is 25.2. The van der Waals surface area contributed by atoms with Gasteiger partial charge in [-0.15, -0.1) is 0 Å². The van der Waals surface area contributed by atoms with Gasteiger partial charge in [0.1, 0.15) is 6.04 Å². The lowest BCUT2D eigenvalue weighted by Gasteiger charge is -2.33. The van der Waals surface area contributed by atoms with Gasteiger partial charge in [-0.2, -0.15) is 11.8 Å². The molecule has 1 heterocycles. The molecule has 0 radical (unpaired) electrons. The van der Waals surface area contributed by atoms with Crippen molar-refractivity contribution in [2.75, 3.05) is 25.7 Å². The molecule has 6 nitrogen and oxygen atoms in total. The second kappa shape index (κ2) is 15.0. The molecule has 3 atom stereocenters. The van der Waals surface area contributed by atoms with Gasteiger partial charge in [0, 0.05) is 31.3 Å². The van der Waals surface area contributed by atoms with E-state index in [1.54, 1.807) is 18.9 Å². The summed E-state index contributed by atoms with van der Waals surface area (Å²) in [5.41, 5.74) is 4.62. The number of carbonyl (C=O) groups is 2. The van der Waals surface area contributed by atoms with Gasteiger partial charge in [-0.05, 0) is 84.9 Å². The lowest BCUT2D eigenvalue weighted by molar-refractivity contribution is -0.139. The molecule has 4 rings (SSSR count). The van der Waals surface area contributed by atoms with E-state index in [1.165, 1.54) is 50.5 Å². The highest BCUT2D eigenvalue weighted by molar-refractivity contribution is 7.98. The van der Waals surface area contributed by atoms with Gasteiger partial charge in [0.05, 0.1) is 6.61 Å². The summed E-state index contributed by atoms with van der Waals surface area (Å²) in [7, 11) is 1.79. The Morgan fingerprint density at radius 2 is 1.80 bits per heavy atom. The summed E-state index contributed by atoms with van der Waals surface area (Å²) in [6.07, 6.45) is 12.8. The molecule has 2 aromatic carbocycles. The smallest absolute Gasteiger partial charge is 0.326 e. The van der Waals surface area contributed by atoms with E-state index in [2.05, 4.69) is 29.3 Å². The Morgan fingerprint density at radius 3 is 2.50 bits per heavy atom. The highest BCUT2D eigenvalue weighted by Crippen LogP contribution is 2.36. The zero-order valence-electron chi connectivity index (χ0n) is 24.4. The number of hydrogen-bond donors (Lipinski definition) is 2. The number of thioether (sulfide) groups is 1. The van der Waals surface area contributed by atoms with Crippen molar-refractivity contribution in [1.82, 2.24) is 10.2 Å². The van der Waals surface area contributed by atoms with Crippen LogP contribution in [0.15, 0.2) is 42.5 Å². The highest BCUT2D eigenvalue weighted by Gasteiger charge is 2.35. The fourth-order valence-corrected chi connectivity index (χ4v) is 7.10. The number of methoxy groups -OCH3 is 1. The number of carboxylic acids is 1. The molecule has 0 aromatic heterocycles. The van der Waals surface area contributed by atoms with Crippen LogP contribution >= 0.6 is 11.8 Å². The lowest BCUT2D eigenvalue weighted by atomic mass is 9.84. The SMILES string of the molecule is COC[C@@H]1CC[C@H](CC2CCCCC2)N1Cc1ccc(C(=O)N[C@@H](CCSC)C(=O)O)c(-c2ccccc2C)c1. The Morgan fingerprint density at radius 1 is 1.05 bits per heavy atom. The number of carbonyl (C=O) groups excluding carboxylic acids is 1. The van der Waals surface area contributed by atoms with Gasteiger partial charge in [-0.25, -0.2) is 4.79 Å². The van der Waals surface area contributed by atoms with E-state index in [1.807, 2.05) is 36.6 Å². The average Bonchev–Trinajstić information content (AvgIpc) is 3.32. The van der Waals surface area contributed by atoms with E-state index in [9.17, 15) is 14.7 Å². The van der Waals surface area contributed by atoms with Crippen LogP contribution in [0.4, 0.5) is 0 Å². The molecule has 2 aromatic rings. The first-order valence-electron chi connectivity index (χ1n) is 14.9. The summed E-state index contributed by atoms with van der Waals surface area (Å²) in [4.78, 5) is 28.0. The predicted molar refractivity (Wildman–Crippen MR) is 164 cm³/mol. The monoisotopic (exact) mass is 566 g/mol. The van der Waals surface area contributed by atoms with Crippen LogP contribution in [-0.4, -0.2) is 65.7 Å². The molecule has 0 unspecified atom stereocenters. The third-order valence-electron chi connectivity index (χ3n) is 8.80. The van der Waals surface area contributed by atoms with Gasteiger partial charge in [0.25, 0.3) is 5.91 Å². The number of aryl methyl sites for hydroxylation is 1. The third-order valence-corrected chi connectivity index (χ3v) is 9.45. The number of amides is 1. The number of nitrogens with one attached hydrogen (secondary N) is 1. The third kappa shape index (κ3) is 7.89. The van der Waals surface area contributed by atoms with Crippen molar-refractivity contribution in [3.8, 4) is 11.1 Å². The molecule has 1 amide bonds. The van der Waals surface area contributed by atoms with E-state index >= 15 is 0 Å². The normalized spacial score (nSPS) is 20.9. The first-order chi connectivity index (χ1) is 19.4. The Kier molecular flexibility index (Phi) is 11.5. The number of ether oxygens (including phenoxy) is 1. The minimum absolute atomic E-state index is 0.341. The van der Waals surface area contributed by atoms with Gasteiger partial charge < -0.3 is 15.2 Å². The molecule has 0 bridgehead atoms. The molecule has 1 saturated carbocycles. The summed E-state index contributed by atoms with van der Waals surface area (Å²) in [5, 5.41) is 12.5. The molecule has 1 aliphatic heterocycles. The second-order valence-electron chi connectivity index (χ2n) is 11.6. The predicted octanol–water partition coefficient (Wildman–Crippen LogP) is 6.55. The summed E-state index contributed by atoms with van der Waals surface area (Å²) < 4.78 is 5.63. The van der Waals surface area contributed by atoms with Crippen LogP contribution in [0.2, 0.25) is 0 Å². The maximum Gasteiger partial charge on any atom is 0.326 e. The van der Waals surface area contributed by atoms with Gasteiger partial charge in [-0.3, -0.25) is 9.69 Å². The number of carboxylic acid groups (broad SMARTS) is 1. The van der Waals surface area contributed by atoms with Crippen molar-refractivity contribution in [2.24, 2.45) is 5.92 Å². The quantitative estimate of drug-likeness (QED) is 0.286. The van der Waals surface area contributed by atoms with Crippen molar-refractivity contribution in [1.29, 1.82) is 0 Å². The van der Waals surface area contributed by atoms with Crippen molar-refractivity contribution in [3.05, 3.63) is 59.2 Å². The van der Waals surface area contributed by atoms with Crippen LogP contribution in [0.1, 0.15) is 79.3 Å². The maximum atomic E-state index is 13.5. The van der Waals surface area contributed by atoms with E-state index in [-0.39, 0.29) is 5.91 Å². The fraction of sp³-hybridized carbons (Fsp3) is 0.576. The van der Waals surface area contributed by atoms with E-state index in [0.29, 0.717) is 29.8 Å². The minimum atomic E-state index is -1.00. The summed E-state index contributed by atoms with van der Waals surface area (Å²) >= 11 is 1.58. The Hall–Kier alpha value is -2.35. The molecule has 218 valence electrons. The van der Waals surface area contributed by atoms with Crippen LogP contribution in [-0.2, 0) is 16.1 Å². The number of rotatable bonds is 13. The van der Waals surface area contributed by atoms with Gasteiger partial charge in [-0.1, -0.05) is 62.4 Å². The minimum Gasteiger partial charge on any atom is -0.480 e. The summed E-state index contributed by atoms with van der Waals surface area (Å²) in [5.74, 6) is 0.150. The van der Waals surface area contributed by atoms with E-state index in [0.717, 1.165) is 42.2 Å². The zero-order chi connectivity index (χ0) is 28.5. The Balaban J connectivity index is 1.62. The number of hydrogen-bond acceptors (Lipinski definition) is 5. The second-order valence-corrected chi connectivity index (χ2v) is 12.6. The van der Waals surface area contributed by atoms with Gasteiger partial charge >= 0.3 is 5.97 Å². The molecule has 0 spiro atoms. The average molecular weight is 567 g/mol. The van der Waals surface area contributed by atoms with Crippen LogP contribution in [0, 0.1) is 12.8 Å². The highest BCUT2D eigenvalue weighted by atomic mass is 32.2. The standard InChI is InChI=1S/C33H46N2O4S/c1-23-9-7-8-12-28(23)30-20-25(13-16-29(30)32(36)34-31(33(37)38)17-18-40-3)21-35-26(14-15-27(35)22-39-2)19-24-10-5-4-6-11-24/h7-9,12-13,16,20,24,26-27,31H,4-6,10-11,14-15,17-19,21-22H2,1-3H3,(H,34,36)(H,37,38)/t26-,27+,31+/m1/s1. The molecule has 2 aliphatic rings. The topological polar surface area (TPSA) is 78.9 Å².